The fourth-order valence-corrected chi connectivity index (χ4v) is 1.79. The van der Waals surface area contributed by atoms with E-state index in [4.69, 9.17) is 4.74 Å². The molecule has 0 saturated heterocycles. The molecule has 0 bridgehead atoms. The maximum atomic E-state index is 12.6. The predicted molar refractivity (Wildman–Crippen MR) is 61.7 cm³/mol. The van der Waals surface area contributed by atoms with Crippen molar-refractivity contribution in [3.05, 3.63) is 29.3 Å². The number of carbonyl (C=O) groups is 1. The molecule has 3 nitrogen and oxygen atoms in total. The third-order valence-corrected chi connectivity index (χ3v) is 2.86. The van der Waals surface area contributed by atoms with Crippen LogP contribution in [0.4, 0.5) is 17.6 Å². The number of benzene rings is 1. The highest BCUT2D eigenvalue weighted by Gasteiger charge is 2.41. The average molecular weight is 292 g/mol. The molecule has 0 atom stereocenters. The minimum absolute atomic E-state index is 0.287. The first-order valence-corrected chi connectivity index (χ1v) is 5.93. The first-order valence-electron chi connectivity index (χ1n) is 5.93. The lowest BCUT2D eigenvalue weighted by atomic mass is 10.1. The minimum atomic E-state index is -4.24. The van der Waals surface area contributed by atoms with Gasteiger partial charge in [-0.3, -0.25) is 4.79 Å². The highest BCUT2D eigenvalue weighted by molar-refractivity contribution is 5.97. The Labute approximate surface area is 112 Å². The smallest absolute Gasteiger partial charge is 0.330 e. The lowest BCUT2D eigenvalue weighted by Gasteiger charge is -2.14. The summed E-state index contributed by atoms with van der Waals surface area (Å²) in [4.78, 5) is 11.7. The van der Waals surface area contributed by atoms with E-state index >= 15 is 0 Å². The van der Waals surface area contributed by atoms with Gasteiger partial charge in [-0.25, -0.2) is 8.78 Å². The number of hydrogen-bond donors (Lipinski definition) is 0. The lowest BCUT2D eigenvalue weighted by molar-refractivity contribution is -0.163. The quantitative estimate of drug-likeness (QED) is 0.597. The molecule has 0 saturated carbocycles. The van der Waals surface area contributed by atoms with E-state index in [-0.39, 0.29) is 5.56 Å². The van der Waals surface area contributed by atoms with Gasteiger partial charge >= 0.3 is 12.3 Å². The fourth-order valence-electron chi connectivity index (χ4n) is 1.79. The molecule has 2 rings (SSSR count). The van der Waals surface area contributed by atoms with Gasteiger partial charge in [-0.1, -0.05) is 0 Å². The van der Waals surface area contributed by atoms with Crippen LogP contribution in [0.1, 0.15) is 15.9 Å². The monoisotopic (exact) mass is 292 g/mol. The zero-order chi connectivity index (χ0) is 14.8. The summed E-state index contributed by atoms with van der Waals surface area (Å²) in [5.41, 5.74) is 1.14. The van der Waals surface area contributed by atoms with Gasteiger partial charge in [-0.15, -0.1) is 0 Å². The first kappa shape index (κ1) is 14.8. The number of rotatable bonds is 6. The van der Waals surface area contributed by atoms with Crippen molar-refractivity contribution in [2.45, 2.75) is 18.8 Å². The van der Waals surface area contributed by atoms with Crippen LogP contribution in [0.15, 0.2) is 18.2 Å². The van der Waals surface area contributed by atoms with Crippen LogP contribution >= 0.6 is 0 Å². The van der Waals surface area contributed by atoms with E-state index in [0.29, 0.717) is 18.8 Å². The molecule has 0 amide bonds. The first-order chi connectivity index (χ1) is 9.40. The van der Waals surface area contributed by atoms with Gasteiger partial charge in [0.15, 0.2) is 5.78 Å². The van der Waals surface area contributed by atoms with Crippen LogP contribution in [0.3, 0.4) is 0 Å². The number of halogens is 4. The van der Waals surface area contributed by atoms with Crippen LogP contribution in [0.2, 0.25) is 0 Å². The highest BCUT2D eigenvalue weighted by atomic mass is 19.3. The number of fused-ring (bicyclic) bond motifs is 1. The van der Waals surface area contributed by atoms with E-state index in [0.717, 1.165) is 5.56 Å². The van der Waals surface area contributed by atoms with E-state index in [1.165, 1.54) is 6.07 Å². The molecule has 1 aromatic carbocycles. The Hall–Kier alpha value is -1.63. The van der Waals surface area contributed by atoms with Crippen molar-refractivity contribution in [1.82, 2.24) is 0 Å². The van der Waals surface area contributed by atoms with E-state index in [2.05, 4.69) is 4.74 Å². The lowest BCUT2D eigenvalue weighted by Crippen LogP contribution is -2.33. The Morgan fingerprint density at radius 3 is 2.85 bits per heavy atom. The van der Waals surface area contributed by atoms with Gasteiger partial charge in [0.05, 0.1) is 6.61 Å². The largest absolute Gasteiger partial charge is 0.493 e. The van der Waals surface area contributed by atoms with Crippen LogP contribution in [-0.2, 0) is 11.2 Å². The van der Waals surface area contributed by atoms with Crippen LogP contribution in [0.5, 0.6) is 5.75 Å². The Bertz CT molecular complexity index is 502. The number of alkyl halides is 4. The summed E-state index contributed by atoms with van der Waals surface area (Å²) in [6, 6.07) is 4.70. The maximum Gasteiger partial charge on any atom is 0.330 e. The molecule has 1 heterocycles. The summed E-state index contributed by atoms with van der Waals surface area (Å²) in [6.45, 7) is -1.61. The zero-order valence-electron chi connectivity index (χ0n) is 10.4. The molecule has 1 aliphatic rings. The van der Waals surface area contributed by atoms with Crippen molar-refractivity contribution in [3.8, 4) is 5.75 Å². The molecular weight excluding hydrogens is 280 g/mol. The standard InChI is InChI=1S/C13H12F4O3/c14-12(15)13(16,17)7-19-6-10(18)8-1-2-11-9(5-8)3-4-20-11/h1-2,5,12H,3-4,6-7H2. The molecule has 0 aromatic heterocycles. The zero-order valence-corrected chi connectivity index (χ0v) is 10.4. The second-order valence-corrected chi connectivity index (χ2v) is 4.40. The molecule has 1 aliphatic heterocycles. The molecule has 110 valence electrons. The van der Waals surface area contributed by atoms with Crippen molar-refractivity contribution in [2.24, 2.45) is 0 Å². The van der Waals surface area contributed by atoms with Crippen molar-refractivity contribution < 1.29 is 31.8 Å². The van der Waals surface area contributed by atoms with E-state index < -0.39 is 31.3 Å². The second kappa shape index (κ2) is 5.78. The number of hydrogen-bond acceptors (Lipinski definition) is 3. The summed E-state index contributed by atoms with van der Waals surface area (Å²) in [5.74, 6) is -4.09. The number of carbonyl (C=O) groups excluding carboxylic acids is 1. The molecular formula is C13H12F4O3. The summed E-state index contributed by atoms with van der Waals surface area (Å²) >= 11 is 0. The van der Waals surface area contributed by atoms with E-state index in [1.807, 2.05) is 0 Å². The molecule has 0 radical (unpaired) electrons. The fraction of sp³-hybridized carbons (Fsp3) is 0.462. The SMILES string of the molecule is O=C(COCC(F)(F)C(F)F)c1ccc2c(c1)CCO2. The topological polar surface area (TPSA) is 35.5 Å². The van der Waals surface area contributed by atoms with Crippen molar-refractivity contribution in [1.29, 1.82) is 0 Å². The van der Waals surface area contributed by atoms with Gasteiger partial charge < -0.3 is 9.47 Å². The van der Waals surface area contributed by atoms with Gasteiger partial charge in [0, 0.05) is 12.0 Å². The number of ether oxygens (including phenoxy) is 2. The van der Waals surface area contributed by atoms with Crippen LogP contribution < -0.4 is 4.74 Å². The summed E-state index contributed by atoms with van der Waals surface area (Å²) < 4.78 is 58.6. The van der Waals surface area contributed by atoms with Crippen molar-refractivity contribution in [2.75, 3.05) is 19.8 Å². The third kappa shape index (κ3) is 3.27. The van der Waals surface area contributed by atoms with E-state index in [9.17, 15) is 22.4 Å². The molecule has 1 aromatic rings. The third-order valence-electron chi connectivity index (χ3n) is 2.86. The number of ketones is 1. The number of Topliss-reactive ketones (excluding diaryl/α,β-unsaturated/α-hetero) is 1. The summed E-state index contributed by atoms with van der Waals surface area (Å²) in [7, 11) is 0. The Kier molecular flexibility index (Phi) is 4.27. The summed E-state index contributed by atoms with van der Waals surface area (Å²) in [6.07, 6.45) is -3.14. The van der Waals surface area contributed by atoms with E-state index in [1.54, 1.807) is 12.1 Å². The van der Waals surface area contributed by atoms with Gasteiger partial charge in [0.2, 0.25) is 0 Å². The van der Waals surface area contributed by atoms with Gasteiger partial charge in [0.1, 0.15) is 19.0 Å². The second-order valence-electron chi connectivity index (χ2n) is 4.40. The Morgan fingerprint density at radius 2 is 2.15 bits per heavy atom. The highest BCUT2D eigenvalue weighted by Crippen LogP contribution is 2.26. The predicted octanol–water partition coefficient (Wildman–Crippen LogP) is 2.72. The normalized spacial score (nSPS) is 14.2. The maximum absolute atomic E-state index is 12.6. The van der Waals surface area contributed by atoms with Gasteiger partial charge in [-0.2, -0.15) is 8.78 Å². The van der Waals surface area contributed by atoms with Crippen molar-refractivity contribution >= 4 is 5.78 Å². The molecule has 7 heteroatoms. The van der Waals surface area contributed by atoms with Gasteiger partial charge in [-0.05, 0) is 23.8 Å². The molecule has 0 spiro atoms. The minimum Gasteiger partial charge on any atom is -0.493 e. The molecule has 0 fully saturated rings. The Morgan fingerprint density at radius 1 is 1.40 bits per heavy atom. The summed E-state index contributed by atoms with van der Waals surface area (Å²) in [5, 5.41) is 0. The average Bonchev–Trinajstić information content (AvgIpc) is 2.85. The van der Waals surface area contributed by atoms with Crippen LogP contribution in [0, 0.1) is 0 Å². The molecule has 20 heavy (non-hydrogen) atoms. The molecule has 0 unspecified atom stereocenters. The molecule has 0 aliphatic carbocycles. The van der Waals surface area contributed by atoms with Crippen LogP contribution in [0.25, 0.3) is 0 Å². The molecule has 0 N–H and O–H groups in total. The van der Waals surface area contributed by atoms with Gasteiger partial charge in [0.25, 0.3) is 0 Å². The van der Waals surface area contributed by atoms with Crippen molar-refractivity contribution in [3.63, 3.8) is 0 Å². The Balaban J connectivity index is 1.89. The van der Waals surface area contributed by atoms with Crippen LogP contribution in [-0.4, -0.2) is 38.0 Å².